The van der Waals surface area contributed by atoms with E-state index in [0.29, 0.717) is 19.6 Å². The predicted molar refractivity (Wildman–Crippen MR) is 90.9 cm³/mol. The van der Waals surface area contributed by atoms with Crippen molar-refractivity contribution >= 4 is 16.1 Å². The van der Waals surface area contributed by atoms with Crippen LogP contribution >= 0.6 is 0 Å². The molecule has 0 aromatic carbocycles. The lowest BCUT2D eigenvalue weighted by Crippen LogP contribution is -2.54. The summed E-state index contributed by atoms with van der Waals surface area (Å²) in [5, 5.41) is 2.63. The van der Waals surface area contributed by atoms with Gasteiger partial charge in [0, 0.05) is 39.3 Å². The fourth-order valence-corrected chi connectivity index (χ4v) is 4.70. The number of nitrogens with zero attached hydrogens (tertiary/aromatic N) is 3. The normalized spacial score (nSPS) is 24.0. The average molecular weight is 346 g/mol. The molecule has 0 aliphatic carbocycles. The maximum atomic E-state index is 12.2. The van der Waals surface area contributed by atoms with Crippen LogP contribution in [0.5, 0.6) is 0 Å². The van der Waals surface area contributed by atoms with Gasteiger partial charge in [0.15, 0.2) is 0 Å². The lowest BCUT2D eigenvalue weighted by Gasteiger charge is -2.39. The Hall–Kier alpha value is -0.860. The van der Waals surface area contributed by atoms with Crippen molar-refractivity contribution < 1.29 is 13.2 Å². The maximum Gasteiger partial charge on any atom is 0.317 e. The van der Waals surface area contributed by atoms with Gasteiger partial charge < -0.3 is 15.1 Å². The standard InChI is InChI=1S/C15H30N4O3S/c1-16-15(20)18-10-6-7-14(13-18)19(23(2,21)22)12-11-17-8-4-3-5-9-17/h14H,3-13H2,1-2H3,(H,16,20). The molecule has 1 N–H and O–H groups in total. The fraction of sp³-hybridized carbons (Fsp3) is 0.933. The number of urea groups is 1. The number of piperidine rings is 2. The summed E-state index contributed by atoms with van der Waals surface area (Å²) in [4.78, 5) is 15.9. The Bertz CT molecular complexity index is 491. The molecule has 2 aliphatic rings. The Kier molecular flexibility index (Phi) is 6.67. The quantitative estimate of drug-likeness (QED) is 0.788. The first kappa shape index (κ1) is 18.5. The minimum absolute atomic E-state index is 0.110. The zero-order valence-electron chi connectivity index (χ0n) is 14.3. The Morgan fingerprint density at radius 3 is 2.48 bits per heavy atom. The Morgan fingerprint density at radius 1 is 1.17 bits per heavy atom. The van der Waals surface area contributed by atoms with Crippen LogP contribution in [0.3, 0.4) is 0 Å². The molecule has 2 fully saturated rings. The van der Waals surface area contributed by atoms with Crippen molar-refractivity contribution in [2.75, 3.05) is 52.6 Å². The first-order chi connectivity index (χ1) is 10.9. The number of hydrogen-bond donors (Lipinski definition) is 1. The molecule has 2 aliphatic heterocycles. The fourth-order valence-electron chi connectivity index (χ4n) is 3.57. The minimum Gasteiger partial charge on any atom is -0.341 e. The van der Waals surface area contributed by atoms with Crippen LogP contribution in [0.25, 0.3) is 0 Å². The SMILES string of the molecule is CNC(=O)N1CCCC(N(CCN2CCCCC2)S(C)(=O)=O)C1. The number of rotatable bonds is 5. The van der Waals surface area contributed by atoms with Crippen molar-refractivity contribution in [3.05, 3.63) is 0 Å². The second kappa shape index (κ2) is 8.30. The third-order valence-electron chi connectivity index (χ3n) is 4.82. The first-order valence-corrected chi connectivity index (χ1v) is 10.4. The molecule has 0 aromatic rings. The van der Waals surface area contributed by atoms with Crippen molar-refractivity contribution in [2.45, 2.75) is 38.1 Å². The lowest BCUT2D eigenvalue weighted by atomic mass is 10.1. The van der Waals surface area contributed by atoms with Crippen LogP contribution in [0.4, 0.5) is 4.79 Å². The van der Waals surface area contributed by atoms with Crippen molar-refractivity contribution in [3.63, 3.8) is 0 Å². The molecule has 7 nitrogen and oxygen atoms in total. The summed E-state index contributed by atoms with van der Waals surface area (Å²) in [6, 6.07) is -0.236. The van der Waals surface area contributed by atoms with E-state index in [-0.39, 0.29) is 12.1 Å². The number of carbonyl (C=O) groups is 1. The third-order valence-corrected chi connectivity index (χ3v) is 6.15. The molecule has 0 aromatic heterocycles. The van der Waals surface area contributed by atoms with Gasteiger partial charge in [-0.3, -0.25) is 0 Å². The van der Waals surface area contributed by atoms with Crippen LogP contribution in [-0.2, 0) is 10.0 Å². The van der Waals surface area contributed by atoms with Gasteiger partial charge in [0.25, 0.3) is 0 Å². The van der Waals surface area contributed by atoms with Gasteiger partial charge in [-0.05, 0) is 38.8 Å². The highest BCUT2D eigenvalue weighted by molar-refractivity contribution is 7.88. The van der Waals surface area contributed by atoms with Crippen molar-refractivity contribution in [1.82, 2.24) is 19.4 Å². The summed E-state index contributed by atoms with van der Waals surface area (Å²) >= 11 is 0. The van der Waals surface area contributed by atoms with Crippen LogP contribution < -0.4 is 5.32 Å². The molecule has 2 saturated heterocycles. The Morgan fingerprint density at radius 2 is 1.87 bits per heavy atom. The second-order valence-electron chi connectivity index (χ2n) is 6.57. The molecule has 1 unspecified atom stereocenters. The molecule has 2 amide bonds. The first-order valence-electron chi connectivity index (χ1n) is 8.57. The average Bonchev–Trinajstić information content (AvgIpc) is 2.54. The van der Waals surface area contributed by atoms with Crippen LogP contribution in [0.2, 0.25) is 0 Å². The van der Waals surface area contributed by atoms with Crippen molar-refractivity contribution in [2.24, 2.45) is 0 Å². The van der Waals surface area contributed by atoms with E-state index in [1.165, 1.54) is 25.5 Å². The van der Waals surface area contributed by atoms with Gasteiger partial charge in [0.05, 0.1) is 6.26 Å². The van der Waals surface area contributed by atoms with Gasteiger partial charge in [0.1, 0.15) is 0 Å². The van der Waals surface area contributed by atoms with E-state index in [1.807, 2.05) is 0 Å². The predicted octanol–water partition coefficient (Wildman–Crippen LogP) is 0.538. The summed E-state index contributed by atoms with van der Waals surface area (Å²) < 4.78 is 26.1. The number of sulfonamides is 1. The van der Waals surface area contributed by atoms with E-state index >= 15 is 0 Å². The van der Waals surface area contributed by atoms with E-state index in [4.69, 9.17) is 0 Å². The molecule has 8 heteroatoms. The van der Waals surface area contributed by atoms with Crippen molar-refractivity contribution in [1.29, 1.82) is 0 Å². The van der Waals surface area contributed by atoms with Crippen molar-refractivity contribution in [3.8, 4) is 0 Å². The number of amides is 2. The summed E-state index contributed by atoms with van der Waals surface area (Å²) in [6.45, 7) is 4.60. The Balaban J connectivity index is 1.98. The molecule has 0 saturated carbocycles. The summed E-state index contributed by atoms with van der Waals surface area (Å²) in [5.41, 5.74) is 0. The minimum atomic E-state index is -3.27. The molecular formula is C15H30N4O3S. The van der Waals surface area contributed by atoms with Crippen LogP contribution in [0, 0.1) is 0 Å². The molecule has 134 valence electrons. The number of carbonyl (C=O) groups excluding carboxylic acids is 1. The van der Waals surface area contributed by atoms with Crippen LogP contribution in [-0.4, -0.2) is 87.2 Å². The zero-order valence-corrected chi connectivity index (χ0v) is 15.1. The molecule has 23 heavy (non-hydrogen) atoms. The van der Waals surface area contributed by atoms with E-state index in [2.05, 4.69) is 10.2 Å². The smallest absolute Gasteiger partial charge is 0.317 e. The van der Waals surface area contributed by atoms with E-state index in [1.54, 1.807) is 16.3 Å². The highest BCUT2D eigenvalue weighted by Gasteiger charge is 2.32. The largest absolute Gasteiger partial charge is 0.341 e. The summed E-state index contributed by atoms with van der Waals surface area (Å²) in [7, 11) is -1.67. The Labute approximate surface area is 140 Å². The summed E-state index contributed by atoms with van der Waals surface area (Å²) in [5.74, 6) is 0. The van der Waals surface area contributed by atoms with Crippen LogP contribution in [0.15, 0.2) is 0 Å². The monoisotopic (exact) mass is 346 g/mol. The van der Waals surface area contributed by atoms with Gasteiger partial charge in [-0.1, -0.05) is 6.42 Å². The van der Waals surface area contributed by atoms with Gasteiger partial charge in [0.2, 0.25) is 10.0 Å². The number of likely N-dealkylation sites (tertiary alicyclic amines) is 2. The highest BCUT2D eigenvalue weighted by atomic mass is 32.2. The van der Waals surface area contributed by atoms with E-state index in [0.717, 1.165) is 32.5 Å². The van der Waals surface area contributed by atoms with Gasteiger partial charge in [-0.2, -0.15) is 4.31 Å². The lowest BCUT2D eigenvalue weighted by molar-refractivity contribution is 0.141. The second-order valence-corrected chi connectivity index (χ2v) is 8.51. The molecule has 0 radical (unpaired) electrons. The summed E-state index contributed by atoms with van der Waals surface area (Å²) in [6.07, 6.45) is 6.62. The van der Waals surface area contributed by atoms with Crippen LogP contribution in [0.1, 0.15) is 32.1 Å². The topological polar surface area (TPSA) is 73.0 Å². The van der Waals surface area contributed by atoms with Gasteiger partial charge in [-0.15, -0.1) is 0 Å². The molecule has 2 heterocycles. The molecule has 1 atom stereocenters. The number of hydrogen-bond acceptors (Lipinski definition) is 4. The zero-order chi connectivity index (χ0) is 16.9. The van der Waals surface area contributed by atoms with E-state index in [9.17, 15) is 13.2 Å². The number of nitrogens with one attached hydrogen (secondary N) is 1. The van der Waals surface area contributed by atoms with Gasteiger partial charge >= 0.3 is 6.03 Å². The molecule has 2 rings (SSSR count). The third kappa shape index (κ3) is 5.32. The maximum absolute atomic E-state index is 12.2. The molecule has 0 bridgehead atoms. The molecular weight excluding hydrogens is 316 g/mol. The van der Waals surface area contributed by atoms with E-state index < -0.39 is 10.0 Å². The highest BCUT2D eigenvalue weighted by Crippen LogP contribution is 2.19. The van der Waals surface area contributed by atoms with Gasteiger partial charge in [-0.25, -0.2) is 13.2 Å². The molecule has 0 spiro atoms.